The Morgan fingerprint density at radius 3 is 2.89 bits per heavy atom. The molecule has 0 aliphatic carbocycles. The second-order valence-electron chi connectivity index (χ2n) is 7.04. The minimum Gasteiger partial charge on any atom is -0.373 e. The summed E-state index contributed by atoms with van der Waals surface area (Å²) in [6.07, 6.45) is 5.04. The molecule has 2 N–H and O–H groups in total. The SMILES string of the molecule is CCNC(=NCC1CCCOC1c1ccccc1)NCCn1cnnc1CC. The maximum atomic E-state index is 6.10. The average molecular weight is 385 g/mol. The summed E-state index contributed by atoms with van der Waals surface area (Å²) < 4.78 is 8.18. The van der Waals surface area contributed by atoms with Crippen molar-refractivity contribution in [3.63, 3.8) is 0 Å². The highest BCUT2D eigenvalue weighted by atomic mass is 16.5. The van der Waals surface area contributed by atoms with Gasteiger partial charge in [-0.3, -0.25) is 4.99 Å². The van der Waals surface area contributed by atoms with Gasteiger partial charge in [0.05, 0.1) is 6.10 Å². The maximum absolute atomic E-state index is 6.10. The number of aromatic nitrogens is 3. The van der Waals surface area contributed by atoms with Crippen LogP contribution in [0, 0.1) is 5.92 Å². The van der Waals surface area contributed by atoms with E-state index in [4.69, 9.17) is 9.73 Å². The molecule has 0 bridgehead atoms. The van der Waals surface area contributed by atoms with E-state index < -0.39 is 0 Å². The van der Waals surface area contributed by atoms with E-state index in [0.717, 1.165) is 63.8 Å². The maximum Gasteiger partial charge on any atom is 0.191 e. The van der Waals surface area contributed by atoms with Crippen LogP contribution in [0.25, 0.3) is 0 Å². The summed E-state index contributed by atoms with van der Waals surface area (Å²) in [5.74, 6) is 2.26. The summed E-state index contributed by atoms with van der Waals surface area (Å²) >= 11 is 0. The Morgan fingerprint density at radius 2 is 2.11 bits per heavy atom. The topological polar surface area (TPSA) is 76.4 Å². The molecule has 0 amide bonds. The number of nitrogens with zero attached hydrogens (tertiary/aromatic N) is 4. The van der Waals surface area contributed by atoms with Crippen molar-refractivity contribution >= 4 is 5.96 Å². The molecule has 2 aromatic rings. The van der Waals surface area contributed by atoms with Gasteiger partial charge in [0.2, 0.25) is 0 Å². The van der Waals surface area contributed by atoms with E-state index in [2.05, 4.69) is 63.5 Å². The smallest absolute Gasteiger partial charge is 0.191 e. The van der Waals surface area contributed by atoms with Crippen LogP contribution in [0.1, 0.15) is 44.2 Å². The van der Waals surface area contributed by atoms with Gasteiger partial charge in [-0.05, 0) is 25.3 Å². The summed E-state index contributed by atoms with van der Waals surface area (Å²) in [5.41, 5.74) is 1.25. The molecule has 0 saturated carbocycles. The summed E-state index contributed by atoms with van der Waals surface area (Å²) in [5, 5.41) is 14.9. The van der Waals surface area contributed by atoms with E-state index in [0.29, 0.717) is 5.92 Å². The van der Waals surface area contributed by atoms with Gasteiger partial charge in [0.15, 0.2) is 5.96 Å². The normalized spacial score (nSPS) is 20.1. The molecular formula is C21H32N6O. The standard InChI is InChI=1S/C21H32N6O/c1-3-19-26-25-16-27(19)13-12-23-21(22-4-2)24-15-18-11-8-14-28-20(18)17-9-6-5-7-10-17/h5-7,9-10,16,18,20H,3-4,8,11-15H2,1-2H3,(H2,22,23,24). The number of aryl methyl sites for hydroxylation is 1. The van der Waals surface area contributed by atoms with Gasteiger partial charge in [-0.2, -0.15) is 0 Å². The molecule has 1 aromatic heterocycles. The molecule has 0 radical (unpaired) electrons. The lowest BCUT2D eigenvalue weighted by atomic mass is 9.89. The number of benzene rings is 1. The molecule has 1 aliphatic rings. The van der Waals surface area contributed by atoms with E-state index in [9.17, 15) is 0 Å². The molecule has 2 unspecified atom stereocenters. The van der Waals surface area contributed by atoms with Gasteiger partial charge in [0.1, 0.15) is 12.2 Å². The Hall–Kier alpha value is -2.41. The second-order valence-corrected chi connectivity index (χ2v) is 7.04. The zero-order chi connectivity index (χ0) is 19.6. The number of hydrogen-bond acceptors (Lipinski definition) is 4. The summed E-state index contributed by atoms with van der Waals surface area (Å²) in [6.45, 7) is 8.19. The van der Waals surface area contributed by atoms with Crippen molar-refractivity contribution in [2.24, 2.45) is 10.9 Å². The van der Waals surface area contributed by atoms with Gasteiger partial charge in [0.25, 0.3) is 0 Å². The second kappa shape index (κ2) is 10.8. The first-order valence-corrected chi connectivity index (χ1v) is 10.4. The third-order valence-corrected chi connectivity index (χ3v) is 5.06. The van der Waals surface area contributed by atoms with Crippen molar-refractivity contribution in [3.05, 3.63) is 48.0 Å². The zero-order valence-corrected chi connectivity index (χ0v) is 17.0. The molecule has 28 heavy (non-hydrogen) atoms. The van der Waals surface area contributed by atoms with Crippen LogP contribution in [0.15, 0.2) is 41.7 Å². The van der Waals surface area contributed by atoms with Crippen LogP contribution in [-0.2, 0) is 17.7 Å². The molecule has 2 atom stereocenters. The molecule has 0 spiro atoms. The van der Waals surface area contributed by atoms with E-state index in [1.807, 2.05) is 6.07 Å². The van der Waals surface area contributed by atoms with Crippen LogP contribution in [0.3, 0.4) is 0 Å². The van der Waals surface area contributed by atoms with Crippen molar-refractivity contribution in [2.45, 2.75) is 45.8 Å². The van der Waals surface area contributed by atoms with Gasteiger partial charge < -0.3 is 19.9 Å². The number of rotatable bonds is 8. The third-order valence-electron chi connectivity index (χ3n) is 5.06. The minimum atomic E-state index is 0.130. The van der Waals surface area contributed by atoms with Crippen molar-refractivity contribution in [2.75, 3.05) is 26.2 Å². The number of ether oxygens (including phenoxy) is 1. The van der Waals surface area contributed by atoms with E-state index in [1.54, 1.807) is 6.33 Å². The first kappa shape index (κ1) is 20.3. The Labute approximate surface area is 167 Å². The molecule has 3 rings (SSSR count). The van der Waals surface area contributed by atoms with E-state index in [-0.39, 0.29) is 6.10 Å². The molecule has 1 aliphatic heterocycles. The Kier molecular flexibility index (Phi) is 7.84. The van der Waals surface area contributed by atoms with E-state index in [1.165, 1.54) is 5.56 Å². The molecule has 2 heterocycles. The van der Waals surface area contributed by atoms with Crippen LogP contribution in [0.5, 0.6) is 0 Å². The molecular weight excluding hydrogens is 352 g/mol. The highest BCUT2D eigenvalue weighted by Gasteiger charge is 2.27. The molecule has 1 saturated heterocycles. The monoisotopic (exact) mass is 384 g/mol. The molecule has 1 fully saturated rings. The molecule has 7 heteroatoms. The fourth-order valence-corrected chi connectivity index (χ4v) is 3.63. The number of guanidine groups is 1. The van der Waals surface area contributed by atoms with Crippen LogP contribution < -0.4 is 10.6 Å². The Morgan fingerprint density at radius 1 is 1.25 bits per heavy atom. The predicted octanol–water partition coefficient (Wildman–Crippen LogP) is 2.56. The van der Waals surface area contributed by atoms with Gasteiger partial charge in [-0.1, -0.05) is 37.3 Å². The van der Waals surface area contributed by atoms with E-state index >= 15 is 0 Å². The van der Waals surface area contributed by atoms with Crippen molar-refractivity contribution < 1.29 is 4.74 Å². The largest absolute Gasteiger partial charge is 0.373 e. The summed E-state index contributed by atoms with van der Waals surface area (Å²) in [7, 11) is 0. The lowest BCUT2D eigenvalue weighted by Gasteiger charge is -2.31. The van der Waals surface area contributed by atoms with Gasteiger partial charge in [-0.25, -0.2) is 0 Å². The first-order chi connectivity index (χ1) is 13.8. The van der Waals surface area contributed by atoms with Gasteiger partial charge in [0, 0.05) is 45.1 Å². The van der Waals surface area contributed by atoms with Crippen LogP contribution >= 0.6 is 0 Å². The molecule has 1 aromatic carbocycles. The van der Waals surface area contributed by atoms with Crippen LogP contribution in [-0.4, -0.2) is 47.0 Å². The molecule has 7 nitrogen and oxygen atoms in total. The average Bonchev–Trinajstić information content (AvgIpc) is 3.20. The van der Waals surface area contributed by atoms with Crippen molar-refractivity contribution in [3.8, 4) is 0 Å². The lowest BCUT2D eigenvalue weighted by Crippen LogP contribution is -2.39. The minimum absolute atomic E-state index is 0.130. The van der Waals surface area contributed by atoms with Gasteiger partial charge in [-0.15, -0.1) is 10.2 Å². The van der Waals surface area contributed by atoms with Crippen molar-refractivity contribution in [1.29, 1.82) is 0 Å². The summed E-state index contributed by atoms with van der Waals surface area (Å²) in [4.78, 5) is 4.85. The Bertz CT molecular complexity index is 730. The fraction of sp³-hybridized carbons (Fsp3) is 0.571. The molecule has 152 valence electrons. The van der Waals surface area contributed by atoms with Crippen LogP contribution in [0.4, 0.5) is 0 Å². The lowest BCUT2D eigenvalue weighted by molar-refractivity contribution is -0.0250. The van der Waals surface area contributed by atoms with Crippen LogP contribution in [0.2, 0.25) is 0 Å². The quantitative estimate of drug-likeness (QED) is 0.540. The predicted molar refractivity (Wildman–Crippen MR) is 111 cm³/mol. The first-order valence-electron chi connectivity index (χ1n) is 10.4. The number of nitrogens with one attached hydrogen (secondary N) is 2. The number of aliphatic imine (C=N–C) groups is 1. The van der Waals surface area contributed by atoms with Crippen molar-refractivity contribution in [1.82, 2.24) is 25.4 Å². The highest BCUT2D eigenvalue weighted by Crippen LogP contribution is 2.33. The zero-order valence-electron chi connectivity index (χ0n) is 17.0. The Balaban J connectivity index is 1.57. The fourth-order valence-electron chi connectivity index (χ4n) is 3.63. The van der Waals surface area contributed by atoms with Gasteiger partial charge >= 0.3 is 0 Å². The highest BCUT2D eigenvalue weighted by molar-refractivity contribution is 5.79. The third kappa shape index (κ3) is 5.55. The number of hydrogen-bond donors (Lipinski definition) is 2. The summed E-state index contributed by atoms with van der Waals surface area (Å²) in [6, 6.07) is 10.5.